The van der Waals surface area contributed by atoms with Gasteiger partial charge in [0, 0.05) is 28.2 Å². The van der Waals surface area contributed by atoms with Gasteiger partial charge >= 0.3 is 0 Å². The van der Waals surface area contributed by atoms with Gasteiger partial charge in [-0.15, -0.1) is 0 Å². The number of hydrogen-bond donors (Lipinski definition) is 3. The molecule has 0 spiro atoms. The Morgan fingerprint density at radius 3 is 2.55 bits per heavy atom. The fraction of sp³-hybridized carbons (Fsp3) is 0.156. The number of rotatable bonds is 7. The van der Waals surface area contributed by atoms with Crippen LogP contribution in [0.1, 0.15) is 45.9 Å². The highest BCUT2D eigenvalue weighted by Crippen LogP contribution is 2.39. The first kappa shape index (κ1) is 25.0. The van der Waals surface area contributed by atoms with E-state index in [9.17, 15) is 0 Å². The molecule has 1 aliphatic heterocycles. The van der Waals surface area contributed by atoms with Crippen LogP contribution in [0.4, 0.5) is 17.3 Å². The van der Waals surface area contributed by atoms with Crippen LogP contribution in [-0.2, 0) is 6.42 Å². The van der Waals surface area contributed by atoms with E-state index in [-0.39, 0.29) is 5.82 Å². The van der Waals surface area contributed by atoms with Gasteiger partial charge in [-0.25, -0.2) is 9.97 Å². The van der Waals surface area contributed by atoms with Gasteiger partial charge in [-0.05, 0) is 60.7 Å². The minimum atomic E-state index is 0.271. The molecule has 1 aromatic heterocycles. The molecule has 2 heterocycles. The van der Waals surface area contributed by atoms with Crippen LogP contribution in [0.3, 0.4) is 0 Å². The molecule has 3 aromatic carbocycles. The number of aromatic nitrogens is 2. The highest BCUT2D eigenvalue weighted by molar-refractivity contribution is 6.16. The van der Waals surface area contributed by atoms with Crippen LogP contribution in [0.2, 0.25) is 0 Å². The zero-order chi connectivity index (χ0) is 26.8. The summed E-state index contributed by atoms with van der Waals surface area (Å²) in [5, 5.41) is 12.4. The van der Waals surface area contributed by atoms with Crippen molar-refractivity contribution in [3.05, 3.63) is 124 Å². The Labute approximate surface area is 224 Å². The predicted molar refractivity (Wildman–Crippen MR) is 159 cm³/mol. The van der Waals surface area contributed by atoms with Crippen LogP contribution in [0.15, 0.2) is 85.3 Å². The molecular weight excluding hydrogens is 468 g/mol. The van der Waals surface area contributed by atoms with Gasteiger partial charge in [0.2, 0.25) is 0 Å². The van der Waals surface area contributed by atoms with E-state index >= 15 is 0 Å². The number of aryl methyl sites for hydroxylation is 3. The second-order valence-corrected chi connectivity index (χ2v) is 9.51. The zero-order valence-electron chi connectivity index (χ0n) is 22.0. The largest absolute Gasteiger partial charge is 0.383 e. The molecule has 0 saturated carbocycles. The van der Waals surface area contributed by atoms with Gasteiger partial charge in [-0.3, -0.25) is 5.41 Å². The molecule has 0 fully saturated rings. The lowest BCUT2D eigenvalue weighted by Crippen LogP contribution is -2.29. The molecule has 6 nitrogen and oxygen atoms in total. The maximum Gasteiger partial charge on any atom is 0.141 e. The van der Waals surface area contributed by atoms with Crippen molar-refractivity contribution in [3.63, 3.8) is 0 Å². The van der Waals surface area contributed by atoms with Crippen LogP contribution in [0.25, 0.3) is 11.8 Å². The first-order chi connectivity index (χ1) is 18.4. The molecule has 4 aromatic rings. The van der Waals surface area contributed by atoms with Crippen molar-refractivity contribution in [2.75, 3.05) is 22.5 Å². The predicted octanol–water partition coefficient (Wildman–Crippen LogP) is 6.60. The fourth-order valence-electron chi connectivity index (χ4n) is 5.02. The summed E-state index contributed by atoms with van der Waals surface area (Å²) in [5.41, 5.74) is 16.7. The summed E-state index contributed by atoms with van der Waals surface area (Å²) < 4.78 is 0. The highest BCUT2D eigenvalue weighted by atomic mass is 15.2. The van der Waals surface area contributed by atoms with Crippen molar-refractivity contribution in [1.82, 2.24) is 9.97 Å². The summed E-state index contributed by atoms with van der Waals surface area (Å²) in [7, 11) is 0. The number of nitrogen functional groups attached to an aromatic ring is 1. The summed E-state index contributed by atoms with van der Waals surface area (Å²) in [6.07, 6.45) is 4.51. The number of anilines is 3. The fourth-order valence-corrected chi connectivity index (χ4v) is 5.02. The lowest BCUT2D eigenvalue weighted by atomic mass is 9.93. The van der Waals surface area contributed by atoms with E-state index < -0.39 is 0 Å². The van der Waals surface area contributed by atoms with Crippen LogP contribution in [-0.4, -0.2) is 22.2 Å². The van der Waals surface area contributed by atoms with E-state index in [1.165, 1.54) is 11.9 Å². The number of fused-ring (bicyclic) bond motifs is 1. The molecule has 0 amide bonds. The van der Waals surface area contributed by atoms with Gasteiger partial charge in [0.25, 0.3) is 0 Å². The Balaban J connectivity index is 1.54. The number of nitrogens with two attached hydrogens (primary N) is 1. The van der Waals surface area contributed by atoms with Crippen LogP contribution in [0, 0.1) is 19.3 Å². The summed E-state index contributed by atoms with van der Waals surface area (Å²) >= 11 is 0. The Kier molecular flexibility index (Phi) is 6.79. The van der Waals surface area contributed by atoms with Crippen molar-refractivity contribution in [2.24, 2.45) is 0 Å². The van der Waals surface area contributed by atoms with Crippen molar-refractivity contribution in [2.45, 2.75) is 27.2 Å². The van der Waals surface area contributed by atoms with Gasteiger partial charge in [-0.1, -0.05) is 68.1 Å². The number of nitrogens with zero attached hydrogens (tertiary/aromatic N) is 3. The van der Waals surface area contributed by atoms with Gasteiger partial charge in [0.1, 0.15) is 18.0 Å². The number of hydrogen-bond acceptors (Lipinski definition) is 6. The van der Waals surface area contributed by atoms with Gasteiger partial charge < -0.3 is 16.0 Å². The number of nitrogens with one attached hydrogen (secondary N) is 2. The monoisotopic (exact) mass is 500 g/mol. The average Bonchev–Trinajstić information content (AvgIpc) is 2.92. The van der Waals surface area contributed by atoms with E-state index in [4.69, 9.17) is 11.1 Å². The van der Waals surface area contributed by atoms with E-state index in [0.717, 1.165) is 51.3 Å². The summed E-state index contributed by atoms with van der Waals surface area (Å²) in [6, 6.07) is 22.6. The van der Waals surface area contributed by atoms with Gasteiger partial charge in [0.05, 0.1) is 17.8 Å². The van der Waals surface area contributed by atoms with Crippen molar-refractivity contribution in [1.29, 1.82) is 5.41 Å². The molecule has 1 aliphatic rings. The summed E-state index contributed by atoms with van der Waals surface area (Å²) in [4.78, 5) is 10.9. The van der Waals surface area contributed by atoms with Gasteiger partial charge in [0.15, 0.2) is 0 Å². The van der Waals surface area contributed by atoms with Crippen LogP contribution < -0.4 is 16.0 Å². The molecule has 4 N–H and O–H groups in total. The van der Waals surface area contributed by atoms with Crippen LogP contribution >= 0.6 is 0 Å². The Morgan fingerprint density at radius 1 is 1.00 bits per heavy atom. The Bertz CT molecular complexity index is 1580. The molecular formula is C32H32N6. The van der Waals surface area contributed by atoms with E-state index in [2.05, 4.69) is 90.0 Å². The third-order valence-corrected chi connectivity index (χ3v) is 7.02. The second-order valence-electron chi connectivity index (χ2n) is 9.51. The molecule has 38 heavy (non-hydrogen) atoms. The Morgan fingerprint density at radius 2 is 1.76 bits per heavy atom. The quantitative estimate of drug-likeness (QED) is 0.249. The lowest BCUT2D eigenvalue weighted by molar-refractivity contribution is 1.06. The lowest BCUT2D eigenvalue weighted by Gasteiger charge is -2.35. The van der Waals surface area contributed by atoms with E-state index in [1.807, 2.05) is 30.3 Å². The van der Waals surface area contributed by atoms with E-state index in [0.29, 0.717) is 23.6 Å². The first-order valence-corrected chi connectivity index (χ1v) is 12.8. The minimum absolute atomic E-state index is 0.271. The summed E-state index contributed by atoms with van der Waals surface area (Å²) in [5.74, 6) is 0.795. The third-order valence-electron chi connectivity index (χ3n) is 7.02. The van der Waals surface area contributed by atoms with Crippen LogP contribution in [0.5, 0.6) is 0 Å². The number of para-hydroxylation sites is 1. The molecule has 0 saturated heterocycles. The smallest absolute Gasteiger partial charge is 0.141 e. The summed E-state index contributed by atoms with van der Waals surface area (Å²) in [6.45, 7) is 11.3. The molecule has 0 aliphatic carbocycles. The zero-order valence-corrected chi connectivity index (χ0v) is 22.0. The normalized spacial score (nSPS) is 12.7. The third kappa shape index (κ3) is 4.57. The number of benzene rings is 3. The topological polar surface area (TPSA) is 90.9 Å². The molecule has 0 atom stereocenters. The van der Waals surface area contributed by atoms with Gasteiger partial charge in [-0.2, -0.15) is 0 Å². The molecule has 0 unspecified atom stereocenters. The second kappa shape index (κ2) is 10.3. The molecule has 0 bridgehead atoms. The molecule has 190 valence electrons. The Hall–Kier alpha value is -4.71. The standard InChI is InChI=1S/C32H32N6/c1-5-23-12-9-14-25(16-23)30(33)29-31(34)36-19-37-32(29)35-18-26-17-24-13-8-11-21(3)28(24)22(4)38(26)27-15-7-6-10-20(27)2/h6-17,19,33H,4-5,18H2,1-3H3,(H3,34,35,36,37). The SMILES string of the molecule is C=C1c2c(C)cccc2C=C(CNc2ncnc(N)c2C(=N)c2cccc(CC)c2)N1c1ccccc1C. The molecule has 0 radical (unpaired) electrons. The maximum absolute atomic E-state index is 8.96. The minimum Gasteiger partial charge on any atom is -0.383 e. The molecule has 6 heteroatoms. The van der Waals surface area contributed by atoms with Crippen molar-refractivity contribution in [3.8, 4) is 0 Å². The average molecular weight is 501 g/mol. The van der Waals surface area contributed by atoms with Crippen molar-refractivity contribution < 1.29 is 0 Å². The van der Waals surface area contributed by atoms with Crippen molar-refractivity contribution >= 4 is 34.8 Å². The maximum atomic E-state index is 8.96. The first-order valence-electron chi connectivity index (χ1n) is 12.8. The molecule has 5 rings (SSSR count). The highest BCUT2D eigenvalue weighted by Gasteiger charge is 2.26. The van der Waals surface area contributed by atoms with E-state index in [1.54, 1.807) is 0 Å².